The molecule has 6 heteroatoms. The number of sulfone groups is 2. The van der Waals surface area contributed by atoms with Gasteiger partial charge in [-0.3, -0.25) is 0 Å². The van der Waals surface area contributed by atoms with E-state index in [1.807, 2.05) is 13.8 Å². The third-order valence-electron chi connectivity index (χ3n) is 3.56. The Bertz CT molecular complexity index is 842. The van der Waals surface area contributed by atoms with E-state index in [2.05, 4.69) is 0 Å². The van der Waals surface area contributed by atoms with Gasteiger partial charge in [-0.25, -0.2) is 16.8 Å². The van der Waals surface area contributed by atoms with Crippen LogP contribution in [0.2, 0.25) is 0 Å². The Hall–Kier alpha value is -1.92. The molecule has 0 spiro atoms. The second-order valence-corrected chi connectivity index (χ2v) is 9.73. The Morgan fingerprint density at radius 1 is 0.625 bits per heavy atom. The van der Waals surface area contributed by atoms with Gasteiger partial charge in [0.1, 0.15) is 0 Å². The molecule has 128 valence electrons. The molecule has 24 heavy (non-hydrogen) atoms. The molecule has 0 amide bonds. The summed E-state index contributed by atoms with van der Waals surface area (Å²) >= 11 is 0. The smallest absolute Gasteiger partial charge is 0.181 e. The van der Waals surface area contributed by atoms with Crippen LogP contribution < -0.4 is 0 Å². The summed E-state index contributed by atoms with van der Waals surface area (Å²) in [7, 11) is -6.89. The Balaban J connectivity index is 2.03. The van der Waals surface area contributed by atoms with E-state index < -0.39 is 19.7 Å². The minimum atomic E-state index is -3.45. The van der Waals surface area contributed by atoms with Crippen molar-refractivity contribution in [1.29, 1.82) is 0 Å². The Morgan fingerprint density at radius 3 is 1.21 bits per heavy atom. The maximum atomic E-state index is 12.2. The second kappa shape index (κ2) is 7.32. The molecule has 0 aromatic heterocycles. The molecule has 0 N–H and O–H groups in total. The highest BCUT2D eigenvalue weighted by Gasteiger charge is 2.14. The third kappa shape index (κ3) is 4.79. The van der Waals surface area contributed by atoms with E-state index >= 15 is 0 Å². The van der Waals surface area contributed by atoms with Crippen LogP contribution in [0.4, 0.5) is 0 Å². The molecule has 2 rings (SSSR count). The molecule has 0 aliphatic carbocycles. The first-order valence-electron chi connectivity index (χ1n) is 7.44. The topological polar surface area (TPSA) is 68.3 Å². The first-order chi connectivity index (χ1) is 11.2. The van der Waals surface area contributed by atoms with Crippen LogP contribution in [0.5, 0.6) is 0 Å². The average Bonchev–Trinajstić information content (AvgIpc) is 2.52. The van der Waals surface area contributed by atoms with Crippen LogP contribution in [-0.4, -0.2) is 28.3 Å². The highest BCUT2D eigenvalue weighted by atomic mass is 32.2. The standard InChI is InChI=1S/C18H20O4S2/c1-15-5-9-17(10-6-15)23(19,20)13-3-4-14-24(21,22)18-11-7-16(2)8-12-18/h3-12H,13-14H2,1-2H3. The maximum absolute atomic E-state index is 12.2. The number of aryl methyl sites for hydroxylation is 2. The molecule has 0 radical (unpaired) electrons. The molecule has 4 nitrogen and oxygen atoms in total. The zero-order valence-electron chi connectivity index (χ0n) is 13.6. The van der Waals surface area contributed by atoms with Gasteiger partial charge in [0.25, 0.3) is 0 Å². The second-order valence-electron chi connectivity index (χ2n) is 5.66. The van der Waals surface area contributed by atoms with Gasteiger partial charge >= 0.3 is 0 Å². The molecule has 0 aliphatic rings. The van der Waals surface area contributed by atoms with Crippen LogP contribution in [0.1, 0.15) is 11.1 Å². The summed E-state index contributed by atoms with van der Waals surface area (Å²) in [5.74, 6) is -0.445. The van der Waals surface area contributed by atoms with Gasteiger partial charge in [-0.1, -0.05) is 47.5 Å². The quantitative estimate of drug-likeness (QED) is 0.739. The van der Waals surface area contributed by atoms with E-state index in [1.54, 1.807) is 48.5 Å². The van der Waals surface area contributed by atoms with Gasteiger partial charge in [-0.15, -0.1) is 0 Å². The predicted octanol–water partition coefficient (Wildman–Crippen LogP) is 3.11. The molecule has 0 atom stereocenters. The molecule has 0 saturated carbocycles. The van der Waals surface area contributed by atoms with Crippen molar-refractivity contribution in [3.05, 3.63) is 71.8 Å². The van der Waals surface area contributed by atoms with Crippen LogP contribution in [0.3, 0.4) is 0 Å². The van der Waals surface area contributed by atoms with Crippen LogP contribution in [-0.2, 0) is 19.7 Å². The van der Waals surface area contributed by atoms with Crippen LogP contribution in [0, 0.1) is 13.8 Å². The Labute approximate surface area is 143 Å². The Morgan fingerprint density at radius 2 is 0.917 bits per heavy atom. The summed E-state index contributed by atoms with van der Waals surface area (Å²) in [6, 6.07) is 13.2. The lowest BCUT2D eigenvalue weighted by molar-refractivity contribution is 0.596. The summed E-state index contributed by atoms with van der Waals surface area (Å²) < 4.78 is 48.7. The molecule has 0 fully saturated rings. The van der Waals surface area contributed by atoms with Crippen molar-refractivity contribution in [2.75, 3.05) is 11.5 Å². The summed E-state index contributed by atoms with van der Waals surface area (Å²) in [4.78, 5) is 0.471. The first-order valence-corrected chi connectivity index (χ1v) is 10.7. The summed E-state index contributed by atoms with van der Waals surface area (Å²) in [5.41, 5.74) is 1.96. The SMILES string of the molecule is Cc1ccc(S(=O)(=O)CC=CCS(=O)(=O)c2ccc(C)cc2)cc1. The molecule has 0 bridgehead atoms. The number of benzene rings is 2. The Kier molecular flexibility index (Phi) is 5.62. The van der Waals surface area contributed by atoms with E-state index in [1.165, 1.54) is 12.2 Å². The number of hydrogen-bond donors (Lipinski definition) is 0. The number of hydrogen-bond acceptors (Lipinski definition) is 4. The molecule has 0 saturated heterocycles. The average molecular weight is 364 g/mol. The van der Waals surface area contributed by atoms with Crippen molar-refractivity contribution < 1.29 is 16.8 Å². The summed E-state index contributed by atoms with van der Waals surface area (Å²) in [6.45, 7) is 3.76. The van der Waals surface area contributed by atoms with E-state index in [-0.39, 0.29) is 21.3 Å². The third-order valence-corrected chi connectivity index (χ3v) is 6.80. The van der Waals surface area contributed by atoms with E-state index in [9.17, 15) is 16.8 Å². The van der Waals surface area contributed by atoms with E-state index in [0.717, 1.165) is 11.1 Å². The van der Waals surface area contributed by atoms with E-state index in [4.69, 9.17) is 0 Å². The number of rotatable bonds is 6. The largest absolute Gasteiger partial charge is 0.223 e. The minimum absolute atomic E-state index is 0.223. The van der Waals surface area contributed by atoms with Gasteiger partial charge in [0.05, 0.1) is 21.3 Å². The van der Waals surface area contributed by atoms with Crippen molar-refractivity contribution in [2.24, 2.45) is 0 Å². The van der Waals surface area contributed by atoms with Gasteiger partial charge in [0.15, 0.2) is 19.7 Å². The predicted molar refractivity (Wildman–Crippen MR) is 95.6 cm³/mol. The lowest BCUT2D eigenvalue weighted by Gasteiger charge is -2.03. The van der Waals surface area contributed by atoms with E-state index in [0.29, 0.717) is 0 Å². The van der Waals surface area contributed by atoms with Gasteiger partial charge in [0.2, 0.25) is 0 Å². The van der Waals surface area contributed by atoms with Crippen LogP contribution >= 0.6 is 0 Å². The minimum Gasteiger partial charge on any atom is -0.223 e. The molecule has 2 aromatic carbocycles. The van der Waals surface area contributed by atoms with Gasteiger partial charge in [-0.05, 0) is 38.1 Å². The zero-order valence-corrected chi connectivity index (χ0v) is 15.3. The molecule has 0 unspecified atom stereocenters. The van der Waals surface area contributed by atoms with Crippen molar-refractivity contribution >= 4 is 19.7 Å². The fourth-order valence-corrected chi connectivity index (χ4v) is 4.34. The van der Waals surface area contributed by atoms with Crippen molar-refractivity contribution in [3.63, 3.8) is 0 Å². The zero-order chi connectivity index (χ0) is 17.8. The first kappa shape index (κ1) is 18.4. The van der Waals surface area contributed by atoms with Gasteiger partial charge in [-0.2, -0.15) is 0 Å². The van der Waals surface area contributed by atoms with Crippen molar-refractivity contribution in [2.45, 2.75) is 23.6 Å². The molecule has 0 heterocycles. The highest BCUT2D eigenvalue weighted by Crippen LogP contribution is 2.14. The molecule has 2 aromatic rings. The van der Waals surface area contributed by atoms with Gasteiger partial charge in [0, 0.05) is 0 Å². The molecular formula is C18H20O4S2. The summed E-state index contributed by atoms with van der Waals surface area (Å²) in [6.07, 6.45) is 2.78. The lowest BCUT2D eigenvalue weighted by Crippen LogP contribution is -2.07. The normalized spacial score (nSPS) is 12.6. The van der Waals surface area contributed by atoms with Crippen LogP contribution in [0.25, 0.3) is 0 Å². The molecular weight excluding hydrogens is 344 g/mol. The fraction of sp³-hybridized carbons (Fsp3) is 0.222. The van der Waals surface area contributed by atoms with Crippen LogP contribution in [0.15, 0.2) is 70.5 Å². The monoisotopic (exact) mass is 364 g/mol. The van der Waals surface area contributed by atoms with Crippen molar-refractivity contribution in [1.82, 2.24) is 0 Å². The highest BCUT2D eigenvalue weighted by molar-refractivity contribution is 7.92. The lowest BCUT2D eigenvalue weighted by atomic mass is 10.2. The van der Waals surface area contributed by atoms with Crippen molar-refractivity contribution in [3.8, 4) is 0 Å². The maximum Gasteiger partial charge on any atom is 0.181 e. The van der Waals surface area contributed by atoms with Gasteiger partial charge < -0.3 is 0 Å². The molecule has 0 aliphatic heterocycles. The summed E-state index contributed by atoms with van der Waals surface area (Å²) in [5, 5.41) is 0. The fourth-order valence-electron chi connectivity index (χ4n) is 2.07.